The molecule has 1 aliphatic carbocycles. The van der Waals surface area contributed by atoms with Crippen molar-refractivity contribution in [1.29, 1.82) is 0 Å². The fourth-order valence-corrected chi connectivity index (χ4v) is 2.62. The minimum absolute atomic E-state index is 0.755. The molecule has 0 aromatic rings. The second-order valence-electron chi connectivity index (χ2n) is 4.68. The average Bonchev–Trinajstić information content (AvgIpc) is 2.25. The van der Waals surface area contributed by atoms with Gasteiger partial charge < -0.3 is 10.6 Å². The first-order chi connectivity index (χ1) is 6.79. The summed E-state index contributed by atoms with van der Waals surface area (Å²) in [5.41, 5.74) is 5.83. The molecule has 14 heavy (non-hydrogen) atoms. The minimum Gasteiger partial charge on any atom is -0.330 e. The molecule has 2 nitrogen and oxygen atoms in total. The van der Waals surface area contributed by atoms with Gasteiger partial charge >= 0.3 is 0 Å². The van der Waals surface area contributed by atoms with Gasteiger partial charge in [0.2, 0.25) is 0 Å². The van der Waals surface area contributed by atoms with Crippen molar-refractivity contribution in [1.82, 2.24) is 4.90 Å². The van der Waals surface area contributed by atoms with Crippen LogP contribution in [0.25, 0.3) is 0 Å². The van der Waals surface area contributed by atoms with Gasteiger partial charge in [-0.25, -0.2) is 0 Å². The van der Waals surface area contributed by atoms with E-state index >= 15 is 0 Å². The standard InChI is InChI=1S/C12H26N2/c1-3-4-9-14(2)12-8-6-5-7-11(12)10-13/h11-12H,3-10,13H2,1-2H3. The Bertz CT molecular complexity index is 147. The Balaban J connectivity index is 2.37. The molecule has 1 aliphatic rings. The van der Waals surface area contributed by atoms with Gasteiger partial charge in [0, 0.05) is 6.04 Å². The molecule has 0 amide bonds. The predicted octanol–water partition coefficient (Wildman–Crippen LogP) is 2.24. The van der Waals surface area contributed by atoms with Crippen LogP contribution in [0.2, 0.25) is 0 Å². The normalized spacial score (nSPS) is 28.3. The van der Waals surface area contributed by atoms with Crippen molar-refractivity contribution in [2.75, 3.05) is 20.1 Å². The Hall–Kier alpha value is -0.0800. The van der Waals surface area contributed by atoms with Gasteiger partial charge in [0.25, 0.3) is 0 Å². The molecule has 2 heteroatoms. The van der Waals surface area contributed by atoms with Crippen molar-refractivity contribution in [2.24, 2.45) is 11.7 Å². The van der Waals surface area contributed by atoms with Crippen LogP contribution in [0.15, 0.2) is 0 Å². The van der Waals surface area contributed by atoms with Gasteiger partial charge in [-0.05, 0) is 45.3 Å². The zero-order chi connectivity index (χ0) is 10.4. The number of nitrogens with zero attached hydrogens (tertiary/aromatic N) is 1. The van der Waals surface area contributed by atoms with Crippen LogP contribution in [0.3, 0.4) is 0 Å². The number of nitrogens with two attached hydrogens (primary N) is 1. The maximum Gasteiger partial charge on any atom is 0.0132 e. The molecule has 0 heterocycles. The topological polar surface area (TPSA) is 29.3 Å². The van der Waals surface area contributed by atoms with E-state index in [2.05, 4.69) is 18.9 Å². The third-order valence-corrected chi connectivity index (χ3v) is 3.60. The summed E-state index contributed by atoms with van der Waals surface area (Å²) in [5, 5.41) is 0. The molecular formula is C12H26N2. The van der Waals surface area contributed by atoms with Crippen LogP contribution in [0, 0.1) is 5.92 Å². The quantitative estimate of drug-likeness (QED) is 0.734. The molecule has 0 radical (unpaired) electrons. The van der Waals surface area contributed by atoms with E-state index in [-0.39, 0.29) is 0 Å². The molecule has 84 valence electrons. The first-order valence-electron chi connectivity index (χ1n) is 6.20. The Kier molecular flexibility index (Phi) is 5.49. The summed E-state index contributed by atoms with van der Waals surface area (Å²) in [6.07, 6.45) is 8.12. The highest BCUT2D eigenvalue weighted by Crippen LogP contribution is 2.27. The van der Waals surface area contributed by atoms with Gasteiger partial charge in [-0.2, -0.15) is 0 Å². The zero-order valence-electron chi connectivity index (χ0n) is 9.84. The molecule has 2 atom stereocenters. The molecule has 1 rings (SSSR count). The highest BCUT2D eigenvalue weighted by atomic mass is 15.1. The summed E-state index contributed by atoms with van der Waals surface area (Å²) >= 11 is 0. The van der Waals surface area contributed by atoms with E-state index in [0.717, 1.165) is 18.5 Å². The third kappa shape index (κ3) is 3.25. The van der Waals surface area contributed by atoms with E-state index in [0.29, 0.717) is 0 Å². The molecule has 2 N–H and O–H groups in total. The Morgan fingerprint density at radius 3 is 2.64 bits per heavy atom. The Labute approximate surface area is 88.8 Å². The minimum atomic E-state index is 0.755. The van der Waals surface area contributed by atoms with Gasteiger partial charge in [-0.3, -0.25) is 0 Å². The summed E-state index contributed by atoms with van der Waals surface area (Å²) in [4.78, 5) is 2.54. The molecule has 2 unspecified atom stereocenters. The monoisotopic (exact) mass is 198 g/mol. The zero-order valence-corrected chi connectivity index (χ0v) is 9.84. The molecule has 1 saturated carbocycles. The van der Waals surface area contributed by atoms with Crippen molar-refractivity contribution in [3.05, 3.63) is 0 Å². The Morgan fingerprint density at radius 2 is 2.00 bits per heavy atom. The molecule has 0 spiro atoms. The lowest BCUT2D eigenvalue weighted by Gasteiger charge is -2.37. The fraction of sp³-hybridized carbons (Fsp3) is 1.00. The second-order valence-corrected chi connectivity index (χ2v) is 4.68. The van der Waals surface area contributed by atoms with E-state index < -0.39 is 0 Å². The Morgan fingerprint density at radius 1 is 1.29 bits per heavy atom. The van der Waals surface area contributed by atoms with Gasteiger partial charge in [-0.15, -0.1) is 0 Å². The largest absolute Gasteiger partial charge is 0.330 e. The van der Waals surface area contributed by atoms with E-state index in [9.17, 15) is 0 Å². The fourth-order valence-electron chi connectivity index (χ4n) is 2.62. The van der Waals surface area contributed by atoms with Gasteiger partial charge in [0.15, 0.2) is 0 Å². The van der Waals surface area contributed by atoms with Crippen molar-refractivity contribution in [3.8, 4) is 0 Å². The maximum atomic E-state index is 5.83. The highest BCUT2D eigenvalue weighted by Gasteiger charge is 2.26. The summed E-state index contributed by atoms with van der Waals surface area (Å²) in [7, 11) is 2.27. The number of hydrogen-bond donors (Lipinski definition) is 1. The first kappa shape index (κ1) is 12.0. The van der Waals surface area contributed by atoms with Crippen LogP contribution in [-0.2, 0) is 0 Å². The van der Waals surface area contributed by atoms with Gasteiger partial charge in [0.05, 0.1) is 0 Å². The SMILES string of the molecule is CCCCN(C)C1CCCCC1CN. The summed E-state index contributed by atoms with van der Waals surface area (Å²) < 4.78 is 0. The van der Waals surface area contributed by atoms with Gasteiger partial charge in [0.1, 0.15) is 0 Å². The van der Waals surface area contributed by atoms with Crippen molar-refractivity contribution < 1.29 is 0 Å². The van der Waals surface area contributed by atoms with Gasteiger partial charge in [-0.1, -0.05) is 26.2 Å². The second kappa shape index (κ2) is 6.41. The van der Waals surface area contributed by atoms with E-state index in [1.165, 1.54) is 45.1 Å². The molecule has 0 aromatic heterocycles. The lowest BCUT2D eigenvalue weighted by atomic mass is 9.83. The summed E-state index contributed by atoms with van der Waals surface area (Å²) in [6.45, 7) is 4.38. The van der Waals surface area contributed by atoms with E-state index in [1.807, 2.05) is 0 Å². The molecule has 0 aromatic carbocycles. The molecular weight excluding hydrogens is 172 g/mol. The predicted molar refractivity (Wildman–Crippen MR) is 62.3 cm³/mol. The van der Waals surface area contributed by atoms with Crippen molar-refractivity contribution in [3.63, 3.8) is 0 Å². The van der Waals surface area contributed by atoms with Crippen LogP contribution in [0.1, 0.15) is 45.4 Å². The number of rotatable bonds is 5. The molecule has 1 fully saturated rings. The lowest BCUT2D eigenvalue weighted by Crippen LogP contribution is -2.43. The van der Waals surface area contributed by atoms with Crippen molar-refractivity contribution >= 4 is 0 Å². The van der Waals surface area contributed by atoms with Crippen LogP contribution >= 0.6 is 0 Å². The lowest BCUT2D eigenvalue weighted by molar-refractivity contribution is 0.132. The number of unbranched alkanes of at least 4 members (excludes halogenated alkanes) is 1. The van der Waals surface area contributed by atoms with Crippen LogP contribution in [-0.4, -0.2) is 31.1 Å². The maximum absolute atomic E-state index is 5.83. The smallest absolute Gasteiger partial charge is 0.0132 e. The molecule has 0 bridgehead atoms. The first-order valence-corrected chi connectivity index (χ1v) is 6.20. The van der Waals surface area contributed by atoms with Crippen LogP contribution < -0.4 is 5.73 Å². The third-order valence-electron chi connectivity index (χ3n) is 3.60. The summed E-state index contributed by atoms with van der Waals surface area (Å²) in [6, 6.07) is 0.764. The number of hydrogen-bond acceptors (Lipinski definition) is 2. The van der Waals surface area contributed by atoms with Crippen LogP contribution in [0.4, 0.5) is 0 Å². The average molecular weight is 198 g/mol. The van der Waals surface area contributed by atoms with Crippen LogP contribution in [0.5, 0.6) is 0 Å². The highest BCUT2D eigenvalue weighted by molar-refractivity contribution is 4.82. The summed E-state index contributed by atoms with van der Waals surface area (Å²) in [5.74, 6) is 0.755. The molecule has 0 saturated heterocycles. The van der Waals surface area contributed by atoms with Crippen molar-refractivity contribution in [2.45, 2.75) is 51.5 Å². The van der Waals surface area contributed by atoms with E-state index in [4.69, 9.17) is 5.73 Å². The van der Waals surface area contributed by atoms with E-state index in [1.54, 1.807) is 0 Å². The molecule has 0 aliphatic heterocycles.